The maximum atomic E-state index is 11.9. The van der Waals surface area contributed by atoms with Crippen molar-refractivity contribution in [2.24, 2.45) is 0 Å². The minimum Gasteiger partial charge on any atom is -0.383 e. The standard InChI is InChI=1S/C12H19N5O2/c1-7(2)15-11(19)17-6-14-8(9(17)13)10(18)16-12(3,4)5/h6H,1,13H2,2-5H3,(H,15,19)(H,16,18). The van der Waals surface area contributed by atoms with Gasteiger partial charge in [0.15, 0.2) is 5.69 Å². The van der Waals surface area contributed by atoms with Crippen molar-refractivity contribution >= 4 is 17.8 Å². The van der Waals surface area contributed by atoms with Gasteiger partial charge in [-0.3, -0.25) is 4.79 Å². The molecule has 104 valence electrons. The topological polar surface area (TPSA) is 102 Å². The van der Waals surface area contributed by atoms with Crippen LogP contribution in [0.2, 0.25) is 0 Å². The Balaban J connectivity index is 2.96. The Morgan fingerprint density at radius 2 is 2.00 bits per heavy atom. The smallest absolute Gasteiger partial charge is 0.332 e. The summed E-state index contributed by atoms with van der Waals surface area (Å²) in [7, 11) is 0. The minimum atomic E-state index is -0.507. The molecule has 1 aromatic rings. The van der Waals surface area contributed by atoms with Gasteiger partial charge in [0.25, 0.3) is 5.91 Å². The fourth-order valence-corrected chi connectivity index (χ4v) is 1.34. The average molecular weight is 265 g/mol. The van der Waals surface area contributed by atoms with Gasteiger partial charge in [0.1, 0.15) is 12.1 Å². The van der Waals surface area contributed by atoms with Gasteiger partial charge < -0.3 is 16.4 Å². The van der Waals surface area contributed by atoms with E-state index in [0.29, 0.717) is 5.70 Å². The molecule has 0 unspecified atom stereocenters. The van der Waals surface area contributed by atoms with Gasteiger partial charge in [-0.2, -0.15) is 0 Å². The van der Waals surface area contributed by atoms with Gasteiger partial charge in [-0.05, 0) is 27.7 Å². The Kier molecular flexibility index (Phi) is 3.98. The van der Waals surface area contributed by atoms with E-state index in [4.69, 9.17) is 5.73 Å². The molecule has 1 aromatic heterocycles. The predicted octanol–water partition coefficient (Wildman–Crippen LogP) is 1.08. The Bertz CT molecular complexity index is 525. The number of carbonyl (C=O) groups excluding carboxylic acids is 2. The number of anilines is 1. The molecule has 19 heavy (non-hydrogen) atoms. The zero-order chi connectivity index (χ0) is 14.8. The van der Waals surface area contributed by atoms with Crippen LogP contribution >= 0.6 is 0 Å². The highest BCUT2D eigenvalue weighted by molar-refractivity contribution is 5.98. The second-order valence-corrected chi connectivity index (χ2v) is 5.26. The molecule has 1 rings (SSSR count). The van der Waals surface area contributed by atoms with Gasteiger partial charge in [-0.25, -0.2) is 14.3 Å². The summed E-state index contributed by atoms with van der Waals surface area (Å²) in [5.41, 5.74) is 5.83. The zero-order valence-electron chi connectivity index (χ0n) is 11.6. The number of allylic oxidation sites excluding steroid dienone is 1. The van der Waals surface area contributed by atoms with Gasteiger partial charge in [0, 0.05) is 11.2 Å². The van der Waals surface area contributed by atoms with Crippen molar-refractivity contribution in [1.82, 2.24) is 20.2 Å². The first-order valence-corrected chi connectivity index (χ1v) is 5.74. The van der Waals surface area contributed by atoms with Gasteiger partial charge in [0.2, 0.25) is 0 Å². The number of nitrogens with zero attached hydrogens (tertiary/aromatic N) is 2. The first-order chi connectivity index (χ1) is 8.61. The largest absolute Gasteiger partial charge is 0.383 e. The van der Waals surface area contributed by atoms with Crippen molar-refractivity contribution in [3.8, 4) is 0 Å². The first-order valence-electron chi connectivity index (χ1n) is 5.74. The average Bonchev–Trinajstić information content (AvgIpc) is 2.56. The lowest BCUT2D eigenvalue weighted by atomic mass is 10.1. The van der Waals surface area contributed by atoms with E-state index < -0.39 is 17.5 Å². The molecule has 0 spiro atoms. The first kappa shape index (κ1) is 14.7. The van der Waals surface area contributed by atoms with Crippen molar-refractivity contribution in [2.45, 2.75) is 33.2 Å². The van der Waals surface area contributed by atoms with Crippen molar-refractivity contribution in [3.63, 3.8) is 0 Å². The van der Waals surface area contributed by atoms with E-state index in [9.17, 15) is 9.59 Å². The molecule has 0 aromatic carbocycles. The third kappa shape index (κ3) is 3.84. The highest BCUT2D eigenvalue weighted by Gasteiger charge is 2.22. The number of rotatable bonds is 2. The molecule has 0 saturated heterocycles. The molecule has 7 nitrogen and oxygen atoms in total. The fraction of sp³-hybridized carbons (Fsp3) is 0.417. The minimum absolute atomic E-state index is 0.0134. The number of nitrogens with two attached hydrogens (primary N) is 1. The van der Waals surface area contributed by atoms with E-state index in [0.717, 1.165) is 4.57 Å². The number of amides is 2. The Labute approximate surface area is 111 Å². The molecule has 0 aliphatic rings. The Hall–Kier alpha value is -2.31. The molecule has 0 saturated carbocycles. The molecule has 7 heteroatoms. The van der Waals surface area contributed by atoms with Gasteiger partial charge in [0.05, 0.1) is 0 Å². The molecule has 4 N–H and O–H groups in total. The number of nitrogens with one attached hydrogen (secondary N) is 2. The number of carbonyl (C=O) groups is 2. The number of hydrogen-bond acceptors (Lipinski definition) is 4. The summed E-state index contributed by atoms with van der Waals surface area (Å²) < 4.78 is 1.06. The number of nitrogen functional groups attached to an aromatic ring is 1. The Morgan fingerprint density at radius 1 is 1.42 bits per heavy atom. The molecule has 2 amide bonds. The van der Waals surface area contributed by atoms with Crippen LogP contribution in [0.1, 0.15) is 38.2 Å². The lowest BCUT2D eigenvalue weighted by molar-refractivity contribution is 0.0916. The predicted molar refractivity (Wildman–Crippen MR) is 72.6 cm³/mol. The van der Waals surface area contributed by atoms with E-state index in [1.807, 2.05) is 20.8 Å². The molecular formula is C12H19N5O2. The molecule has 0 radical (unpaired) electrons. The molecular weight excluding hydrogens is 246 g/mol. The van der Waals surface area contributed by atoms with Crippen LogP contribution in [0.3, 0.4) is 0 Å². The number of aromatic nitrogens is 2. The van der Waals surface area contributed by atoms with E-state index in [1.54, 1.807) is 6.92 Å². The Morgan fingerprint density at radius 3 is 2.47 bits per heavy atom. The van der Waals surface area contributed by atoms with Crippen molar-refractivity contribution in [1.29, 1.82) is 0 Å². The summed E-state index contributed by atoms with van der Waals surface area (Å²) in [5.74, 6) is -0.438. The van der Waals surface area contributed by atoms with Crippen LogP contribution in [-0.2, 0) is 0 Å². The third-order valence-electron chi connectivity index (χ3n) is 2.05. The highest BCUT2D eigenvalue weighted by Crippen LogP contribution is 2.11. The van der Waals surface area contributed by atoms with Gasteiger partial charge in [-0.15, -0.1) is 0 Å². The van der Waals surface area contributed by atoms with Crippen LogP contribution < -0.4 is 16.4 Å². The van der Waals surface area contributed by atoms with E-state index in [-0.39, 0.29) is 11.5 Å². The van der Waals surface area contributed by atoms with Gasteiger partial charge >= 0.3 is 6.03 Å². The van der Waals surface area contributed by atoms with Crippen LogP contribution in [0.5, 0.6) is 0 Å². The lowest BCUT2D eigenvalue weighted by Crippen LogP contribution is -2.41. The summed E-state index contributed by atoms with van der Waals surface area (Å²) in [4.78, 5) is 27.5. The van der Waals surface area contributed by atoms with E-state index in [1.165, 1.54) is 6.33 Å². The normalized spacial score (nSPS) is 10.9. The maximum Gasteiger partial charge on any atom is 0.332 e. The second-order valence-electron chi connectivity index (χ2n) is 5.26. The molecule has 1 heterocycles. The van der Waals surface area contributed by atoms with E-state index in [2.05, 4.69) is 22.2 Å². The second kappa shape index (κ2) is 5.13. The molecule has 0 fully saturated rings. The summed E-state index contributed by atoms with van der Waals surface area (Å²) in [5, 5.41) is 5.20. The number of imidazole rings is 1. The summed E-state index contributed by atoms with van der Waals surface area (Å²) >= 11 is 0. The fourth-order valence-electron chi connectivity index (χ4n) is 1.34. The quantitative estimate of drug-likeness (QED) is 0.744. The summed E-state index contributed by atoms with van der Waals surface area (Å²) in [6.45, 7) is 10.7. The number of hydrogen-bond donors (Lipinski definition) is 3. The van der Waals surface area contributed by atoms with Crippen LogP contribution in [0.25, 0.3) is 0 Å². The van der Waals surface area contributed by atoms with Crippen LogP contribution in [0.15, 0.2) is 18.6 Å². The molecule has 0 aliphatic carbocycles. The van der Waals surface area contributed by atoms with Gasteiger partial charge in [-0.1, -0.05) is 6.58 Å². The van der Waals surface area contributed by atoms with Crippen LogP contribution in [0.4, 0.5) is 10.6 Å². The van der Waals surface area contributed by atoms with E-state index >= 15 is 0 Å². The molecule has 0 bridgehead atoms. The SMILES string of the molecule is C=C(C)NC(=O)n1cnc(C(=O)NC(C)(C)C)c1N. The highest BCUT2D eigenvalue weighted by atomic mass is 16.2. The summed E-state index contributed by atoms with van der Waals surface area (Å²) in [6.07, 6.45) is 1.20. The van der Waals surface area contributed by atoms with Crippen LogP contribution in [0, 0.1) is 0 Å². The lowest BCUT2D eigenvalue weighted by Gasteiger charge is -2.19. The zero-order valence-corrected chi connectivity index (χ0v) is 11.6. The summed E-state index contributed by atoms with van der Waals surface area (Å²) in [6, 6.07) is -0.507. The van der Waals surface area contributed by atoms with Crippen LogP contribution in [-0.4, -0.2) is 27.0 Å². The maximum absolute atomic E-state index is 11.9. The molecule has 0 atom stereocenters. The van der Waals surface area contributed by atoms with Crippen molar-refractivity contribution in [2.75, 3.05) is 5.73 Å². The third-order valence-corrected chi connectivity index (χ3v) is 2.05. The molecule has 0 aliphatic heterocycles. The van der Waals surface area contributed by atoms with Crippen molar-refractivity contribution in [3.05, 3.63) is 24.3 Å². The monoisotopic (exact) mass is 265 g/mol. The van der Waals surface area contributed by atoms with Crippen molar-refractivity contribution < 1.29 is 9.59 Å².